The van der Waals surface area contributed by atoms with Crippen molar-refractivity contribution in [2.45, 2.75) is 51.7 Å². The molecule has 0 unspecified atom stereocenters. The van der Waals surface area contributed by atoms with Gasteiger partial charge in [-0.3, -0.25) is 0 Å². The molecule has 1 aliphatic heterocycles. The number of nitrogens with zero attached hydrogens (tertiary/aromatic N) is 2. The number of hydrogen-bond acceptors (Lipinski definition) is 4. The number of amides is 2. The Morgan fingerprint density at radius 2 is 1.45 bits per heavy atom. The van der Waals surface area contributed by atoms with E-state index in [0.717, 1.165) is 19.3 Å². The summed E-state index contributed by atoms with van der Waals surface area (Å²) in [4.78, 5) is 27.1. The molecule has 0 radical (unpaired) electrons. The lowest BCUT2D eigenvalue weighted by Crippen LogP contribution is -2.52. The first-order valence-electron chi connectivity index (χ1n) is 7.28. The highest BCUT2D eigenvalue weighted by Gasteiger charge is 2.30. The van der Waals surface area contributed by atoms with Crippen LogP contribution in [0, 0.1) is 0 Å². The molecule has 1 saturated heterocycles. The van der Waals surface area contributed by atoms with E-state index in [2.05, 4.69) is 0 Å². The van der Waals surface area contributed by atoms with Crippen molar-refractivity contribution in [2.24, 2.45) is 0 Å². The molecule has 2 amide bonds. The van der Waals surface area contributed by atoms with E-state index in [9.17, 15) is 9.59 Å². The highest BCUT2D eigenvalue weighted by atomic mass is 16.6. The first kappa shape index (κ1) is 14.9. The predicted octanol–water partition coefficient (Wildman–Crippen LogP) is 2.23. The predicted molar refractivity (Wildman–Crippen MR) is 73.5 cm³/mol. The van der Waals surface area contributed by atoms with Gasteiger partial charge in [0, 0.05) is 26.2 Å². The zero-order valence-electron chi connectivity index (χ0n) is 12.6. The first-order chi connectivity index (χ1) is 9.35. The molecule has 1 saturated carbocycles. The second kappa shape index (κ2) is 5.89. The lowest BCUT2D eigenvalue weighted by Gasteiger charge is -2.36. The van der Waals surface area contributed by atoms with Crippen molar-refractivity contribution in [1.29, 1.82) is 0 Å². The molecule has 1 aliphatic carbocycles. The fourth-order valence-corrected chi connectivity index (χ4v) is 2.10. The van der Waals surface area contributed by atoms with Gasteiger partial charge < -0.3 is 19.3 Å². The third-order valence-corrected chi connectivity index (χ3v) is 3.51. The molecule has 0 spiro atoms. The molecule has 0 aromatic heterocycles. The maximum absolute atomic E-state index is 11.9. The zero-order chi connectivity index (χ0) is 14.8. The Kier molecular flexibility index (Phi) is 4.40. The maximum Gasteiger partial charge on any atom is 0.410 e. The number of rotatable bonds is 1. The van der Waals surface area contributed by atoms with E-state index in [1.165, 1.54) is 0 Å². The third-order valence-electron chi connectivity index (χ3n) is 3.51. The molecule has 6 nitrogen and oxygen atoms in total. The molecule has 0 atom stereocenters. The van der Waals surface area contributed by atoms with E-state index >= 15 is 0 Å². The molecular formula is C14H24N2O4. The van der Waals surface area contributed by atoms with Crippen molar-refractivity contribution in [2.75, 3.05) is 26.2 Å². The van der Waals surface area contributed by atoms with Crippen LogP contribution in [0.2, 0.25) is 0 Å². The van der Waals surface area contributed by atoms with Crippen molar-refractivity contribution in [3.05, 3.63) is 0 Å². The smallest absolute Gasteiger partial charge is 0.410 e. The minimum atomic E-state index is -0.489. The maximum atomic E-state index is 11.9. The topological polar surface area (TPSA) is 59.1 Å². The Morgan fingerprint density at radius 3 is 1.85 bits per heavy atom. The normalized spacial score (nSPS) is 20.4. The van der Waals surface area contributed by atoms with Gasteiger partial charge in [-0.2, -0.15) is 0 Å². The van der Waals surface area contributed by atoms with E-state index in [4.69, 9.17) is 9.47 Å². The van der Waals surface area contributed by atoms with E-state index < -0.39 is 5.60 Å². The van der Waals surface area contributed by atoms with Crippen molar-refractivity contribution in [3.63, 3.8) is 0 Å². The molecule has 6 heteroatoms. The van der Waals surface area contributed by atoms with E-state index in [-0.39, 0.29) is 18.3 Å². The van der Waals surface area contributed by atoms with Crippen LogP contribution in [0.5, 0.6) is 0 Å². The summed E-state index contributed by atoms with van der Waals surface area (Å²) in [6, 6.07) is 0. The SMILES string of the molecule is CC(C)(C)OC(=O)N1CCN(C(=O)OC2CCC2)CC1. The summed E-state index contributed by atoms with van der Waals surface area (Å²) >= 11 is 0. The summed E-state index contributed by atoms with van der Waals surface area (Å²) in [5.41, 5.74) is -0.489. The highest BCUT2D eigenvalue weighted by molar-refractivity contribution is 5.70. The number of ether oxygens (including phenoxy) is 2. The van der Waals surface area contributed by atoms with Gasteiger partial charge in [0.15, 0.2) is 0 Å². The molecule has 2 fully saturated rings. The molecular weight excluding hydrogens is 260 g/mol. The molecule has 20 heavy (non-hydrogen) atoms. The second-order valence-electron chi connectivity index (χ2n) is 6.39. The molecule has 1 heterocycles. The van der Waals surface area contributed by atoms with Crippen molar-refractivity contribution in [1.82, 2.24) is 9.80 Å². The molecule has 0 aromatic carbocycles. The Bertz CT molecular complexity index is 366. The van der Waals surface area contributed by atoms with E-state index in [1.807, 2.05) is 20.8 Å². The highest BCUT2D eigenvalue weighted by Crippen LogP contribution is 2.23. The number of carbonyl (C=O) groups is 2. The Hall–Kier alpha value is -1.46. The van der Waals surface area contributed by atoms with Crippen molar-refractivity contribution < 1.29 is 19.1 Å². The van der Waals surface area contributed by atoms with E-state index in [0.29, 0.717) is 26.2 Å². The molecule has 0 N–H and O–H groups in total. The van der Waals surface area contributed by atoms with Crippen LogP contribution >= 0.6 is 0 Å². The minimum absolute atomic E-state index is 0.103. The molecule has 2 aliphatic rings. The average molecular weight is 284 g/mol. The summed E-state index contributed by atoms with van der Waals surface area (Å²) in [5.74, 6) is 0. The first-order valence-corrected chi connectivity index (χ1v) is 7.28. The summed E-state index contributed by atoms with van der Waals surface area (Å²) < 4.78 is 10.7. The summed E-state index contributed by atoms with van der Waals surface area (Å²) in [6.45, 7) is 7.53. The van der Waals surface area contributed by atoms with Crippen LogP contribution in [0.1, 0.15) is 40.0 Å². The Morgan fingerprint density at radius 1 is 0.950 bits per heavy atom. The van der Waals surface area contributed by atoms with Gasteiger partial charge in [-0.15, -0.1) is 0 Å². The van der Waals surface area contributed by atoms with E-state index in [1.54, 1.807) is 9.80 Å². The number of carbonyl (C=O) groups excluding carboxylic acids is 2. The van der Waals surface area contributed by atoms with Gasteiger partial charge in [0.25, 0.3) is 0 Å². The van der Waals surface area contributed by atoms with Gasteiger partial charge in [-0.1, -0.05) is 0 Å². The fourth-order valence-electron chi connectivity index (χ4n) is 2.10. The van der Waals surface area contributed by atoms with Crippen LogP contribution in [-0.4, -0.2) is 59.9 Å². The van der Waals surface area contributed by atoms with Gasteiger partial charge in [0.2, 0.25) is 0 Å². The Labute approximate surface area is 120 Å². The van der Waals surface area contributed by atoms with Crippen LogP contribution in [0.4, 0.5) is 9.59 Å². The molecule has 0 bridgehead atoms. The van der Waals surface area contributed by atoms with Crippen LogP contribution in [0.3, 0.4) is 0 Å². The lowest BCUT2D eigenvalue weighted by molar-refractivity contribution is 0.00102. The van der Waals surface area contributed by atoms with Crippen LogP contribution in [0.25, 0.3) is 0 Å². The second-order valence-corrected chi connectivity index (χ2v) is 6.39. The zero-order valence-corrected chi connectivity index (χ0v) is 12.6. The van der Waals surface area contributed by atoms with Crippen molar-refractivity contribution in [3.8, 4) is 0 Å². The van der Waals surface area contributed by atoms with Gasteiger partial charge in [0.05, 0.1) is 0 Å². The standard InChI is InChI=1S/C14H24N2O4/c1-14(2,3)20-13(18)16-9-7-15(8-10-16)12(17)19-11-5-4-6-11/h11H,4-10H2,1-3H3. The monoisotopic (exact) mass is 284 g/mol. The Balaban J connectivity index is 1.74. The van der Waals surface area contributed by atoms with Gasteiger partial charge in [-0.05, 0) is 40.0 Å². The van der Waals surface area contributed by atoms with Gasteiger partial charge >= 0.3 is 12.2 Å². The van der Waals surface area contributed by atoms with Gasteiger partial charge in [-0.25, -0.2) is 9.59 Å². The number of piperazine rings is 1. The summed E-state index contributed by atoms with van der Waals surface area (Å²) in [7, 11) is 0. The molecule has 114 valence electrons. The van der Waals surface area contributed by atoms with Crippen LogP contribution in [0.15, 0.2) is 0 Å². The summed E-state index contributed by atoms with van der Waals surface area (Å²) in [6.07, 6.45) is 2.63. The molecule has 2 rings (SSSR count). The lowest BCUT2D eigenvalue weighted by atomic mass is 9.96. The van der Waals surface area contributed by atoms with Gasteiger partial charge in [0.1, 0.15) is 11.7 Å². The average Bonchev–Trinajstić information content (AvgIpc) is 2.31. The minimum Gasteiger partial charge on any atom is -0.446 e. The quantitative estimate of drug-likeness (QED) is 0.741. The molecule has 0 aromatic rings. The van der Waals surface area contributed by atoms with Crippen LogP contribution in [-0.2, 0) is 9.47 Å². The largest absolute Gasteiger partial charge is 0.446 e. The fraction of sp³-hybridized carbons (Fsp3) is 0.857. The third kappa shape index (κ3) is 4.02. The number of hydrogen-bond donors (Lipinski definition) is 0. The summed E-state index contributed by atoms with van der Waals surface area (Å²) in [5, 5.41) is 0. The van der Waals surface area contributed by atoms with Crippen LogP contribution < -0.4 is 0 Å². The van der Waals surface area contributed by atoms with Crippen molar-refractivity contribution >= 4 is 12.2 Å².